The SMILES string of the molecule is CC(C)n1nccc1NC(=O)COC(=O)C1CCCCC1c1nc2ccccc2s1. The van der Waals surface area contributed by atoms with Gasteiger partial charge in [-0.05, 0) is 38.8 Å². The van der Waals surface area contributed by atoms with Gasteiger partial charge in [-0.3, -0.25) is 9.59 Å². The van der Waals surface area contributed by atoms with Crippen molar-refractivity contribution in [3.8, 4) is 0 Å². The van der Waals surface area contributed by atoms with Gasteiger partial charge in [0.1, 0.15) is 5.82 Å². The number of hydrogen-bond donors (Lipinski definition) is 1. The Morgan fingerprint density at radius 3 is 2.83 bits per heavy atom. The van der Waals surface area contributed by atoms with Crippen LogP contribution in [0.1, 0.15) is 56.5 Å². The third-order valence-electron chi connectivity index (χ3n) is 5.47. The highest BCUT2D eigenvalue weighted by Gasteiger charge is 2.35. The van der Waals surface area contributed by atoms with Crippen LogP contribution < -0.4 is 5.32 Å². The zero-order valence-electron chi connectivity index (χ0n) is 17.2. The van der Waals surface area contributed by atoms with Gasteiger partial charge in [0.25, 0.3) is 5.91 Å². The number of anilines is 1. The van der Waals surface area contributed by atoms with Crippen LogP contribution in [0.2, 0.25) is 0 Å². The third-order valence-corrected chi connectivity index (χ3v) is 6.64. The molecule has 2 heterocycles. The molecule has 2 unspecified atom stereocenters. The van der Waals surface area contributed by atoms with E-state index >= 15 is 0 Å². The Kier molecular flexibility index (Phi) is 6.13. The molecule has 3 aromatic rings. The van der Waals surface area contributed by atoms with Gasteiger partial charge in [0.05, 0.1) is 27.3 Å². The van der Waals surface area contributed by atoms with E-state index in [1.807, 2.05) is 32.0 Å². The Morgan fingerprint density at radius 2 is 2.03 bits per heavy atom. The first-order valence-electron chi connectivity index (χ1n) is 10.4. The molecule has 30 heavy (non-hydrogen) atoms. The Bertz CT molecular complexity index is 1010. The number of aromatic nitrogens is 3. The fourth-order valence-electron chi connectivity index (χ4n) is 4.00. The van der Waals surface area contributed by atoms with Crippen molar-refractivity contribution in [3.63, 3.8) is 0 Å². The van der Waals surface area contributed by atoms with Crippen molar-refractivity contribution in [2.24, 2.45) is 5.92 Å². The van der Waals surface area contributed by atoms with Gasteiger partial charge >= 0.3 is 5.97 Å². The number of nitrogens with one attached hydrogen (secondary N) is 1. The molecule has 1 aliphatic rings. The van der Waals surface area contributed by atoms with Crippen LogP contribution in [0.15, 0.2) is 36.5 Å². The van der Waals surface area contributed by atoms with Gasteiger partial charge in [-0.25, -0.2) is 9.67 Å². The summed E-state index contributed by atoms with van der Waals surface area (Å²) in [6, 6.07) is 9.87. The van der Waals surface area contributed by atoms with Crippen molar-refractivity contribution < 1.29 is 14.3 Å². The van der Waals surface area contributed by atoms with E-state index in [4.69, 9.17) is 9.72 Å². The average molecular weight is 427 g/mol. The van der Waals surface area contributed by atoms with Crippen molar-refractivity contribution >= 4 is 39.2 Å². The summed E-state index contributed by atoms with van der Waals surface area (Å²) in [6.45, 7) is 3.66. The van der Waals surface area contributed by atoms with E-state index < -0.39 is 0 Å². The molecular formula is C22H26N4O3S. The number of hydrogen-bond acceptors (Lipinski definition) is 6. The van der Waals surface area contributed by atoms with Crippen LogP contribution >= 0.6 is 11.3 Å². The number of para-hydroxylation sites is 1. The molecular weight excluding hydrogens is 400 g/mol. The first-order valence-corrected chi connectivity index (χ1v) is 11.2. The zero-order valence-corrected chi connectivity index (χ0v) is 18.0. The van der Waals surface area contributed by atoms with Crippen molar-refractivity contribution in [2.75, 3.05) is 11.9 Å². The normalized spacial score (nSPS) is 19.2. The van der Waals surface area contributed by atoms with Crippen LogP contribution in [0.25, 0.3) is 10.2 Å². The summed E-state index contributed by atoms with van der Waals surface area (Å²) in [5.74, 6) is -0.289. The molecule has 1 aliphatic carbocycles. The first-order chi connectivity index (χ1) is 14.5. The van der Waals surface area contributed by atoms with E-state index in [2.05, 4.69) is 16.5 Å². The Hall–Kier alpha value is -2.74. The van der Waals surface area contributed by atoms with E-state index in [0.29, 0.717) is 5.82 Å². The molecule has 4 rings (SSSR count). The number of rotatable bonds is 6. The summed E-state index contributed by atoms with van der Waals surface area (Å²) in [5, 5.41) is 7.94. The lowest BCUT2D eigenvalue weighted by molar-refractivity contribution is -0.153. The molecule has 7 nitrogen and oxygen atoms in total. The number of nitrogens with zero attached hydrogens (tertiary/aromatic N) is 3. The molecule has 8 heteroatoms. The smallest absolute Gasteiger partial charge is 0.310 e. The summed E-state index contributed by atoms with van der Waals surface area (Å²) in [6.07, 6.45) is 5.37. The largest absolute Gasteiger partial charge is 0.455 e. The number of fused-ring (bicyclic) bond motifs is 1. The summed E-state index contributed by atoms with van der Waals surface area (Å²) >= 11 is 1.65. The lowest BCUT2D eigenvalue weighted by Crippen LogP contribution is -2.30. The summed E-state index contributed by atoms with van der Waals surface area (Å²) < 4.78 is 8.26. The highest BCUT2D eigenvalue weighted by Crippen LogP contribution is 2.41. The molecule has 2 aromatic heterocycles. The number of carbonyl (C=O) groups excluding carboxylic acids is 2. The molecule has 0 saturated heterocycles. The quantitative estimate of drug-likeness (QED) is 0.585. The van der Waals surface area contributed by atoms with E-state index in [1.165, 1.54) is 0 Å². The monoisotopic (exact) mass is 426 g/mol. The van der Waals surface area contributed by atoms with Crippen LogP contribution in [0.4, 0.5) is 5.82 Å². The lowest BCUT2D eigenvalue weighted by atomic mass is 9.79. The van der Waals surface area contributed by atoms with E-state index in [9.17, 15) is 9.59 Å². The molecule has 1 amide bonds. The minimum absolute atomic E-state index is 0.0501. The lowest BCUT2D eigenvalue weighted by Gasteiger charge is -2.28. The molecule has 0 bridgehead atoms. The number of amides is 1. The number of thiazole rings is 1. The van der Waals surface area contributed by atoms with Gasteiger partial charge in [-0.15, -0.1) is 11.3 Å². The second kappa shape index (κ2) is 8.95. The number of esters is 1. The summed E-state index contributed by atoms with van der Waals surface area (Å²) in [5.41, 5.74) is 0.969. The van der Waals surface area contributed by atoms with Gasteiger partial charge < -0.3 is 10.1 Å². The van der Waals surface area contributed by atoms with Gasteiger partial charge in [0, 0.05) is 18.0 Å². The van der Waals surface area contributed by atoms with Crippen molar-refractivity contribution in [1.82, 2.24) is 14.8 Å². The molecule has 1 aromatic carbocycles. The van der Waals surface area contributed by atoms with Crippen LogP contribution in [-0.4, -0.2) is 33.2 Å². The molecule has 158 valence electrons. The Balaban J connectivity index is 1.39. The maximum atomic E-state index is 12.8. The fourth-order valence-corrected chi connectivity index (χ4v) is 5.17. The van der Waals surface area contributed by atoms with Crippen molar-refractivity contribution in [2.45, 2.75) is 51.5 Å². The van der Waals surface area contributed by atoms with Crippen LogP contribution in [0.3, 0.4) is 0 Å². The molecule has 0 aliphatic heterocycles. The maximum Gasteiger partial charge on any atom is 0.310 e. The number of benzene rings is 1. The number of carbonyl (C=O) groups is 2. The standard InChI is InChI=1S/C22H26N4O3S/c1-14(2)26-19(11-12-23-26)25-20(27)13-29-22(28)16-8-4-3-7-15(16)21-24-17-9-5-6-10-18(17)30-21/h5-6,9-12,14-16H,3-4,7-8,13H2,1-2H3,(H,25,27). The molecule has 1 N–H and O–H groups in total. The zero-order chi connectivity index (χ0) is 21.1. The average Bonchev–Trinajstić information content (AvgIpc) is 3.38. The summed E-state index contributed by atoms with van der Waals surface area (Å²) in [4.78, 5) is 29.9. The van der Waals surface area contributed by atoms with Crippen LogP contribution in [0, 0.1) is 5.92 Å². The maximum absolute atomic E-state index is 12.8. The van der Waals surface area contributed by atoms with Crippen LogP contribution in [0.5, 0.6) is 0 Å². The Labute approximate surface area is 179 Å². The van der Waals surface area contributed by atoms with E-state index in [0.717, 1.165) is 40.9 Å². The van der Waals surface area contributed by atoms with E-state index in [-0.39, 0.29) is 36.4 Å². The Morgan fingerprint density at radius 1 is 1.23 bits per heavy atom. The fraction of sp³-hybridized carbons (Fsp3) is 0.455. The number of ether oxygens (including phenoxy) is 1. The molecule has 0 spiro atoms. The second-order valence-electron chi connectivity index (χ2n) is 7.93. The highest BCUT2D eigenvalue weighted by molar-refractivity contribution is 7.18. The van der Waals surface area contributed by atoms with Gasteiger partial charge in [0.15, 0.2) is 6.61 Å². The molecule has 1 fully saturated rings. The summed E-state index contributed by atoms with van der Waals surface area (Å²) in [7, 11) is 0. The first kappa shape index (κ1) is 20.5. The topological polar surface area (TPSA) is 86.1 Å². The predicted molar refractivity (Wildman–Crippen MR) is 117 cm³/mol. The minimum atomic E-state index is -0.363. The van der Waals surface area contributed by atoms with Crippen molar-refractivity contribution in [3.05, 3.63) is 41.5 Å². The molecule has 2 atom stereocenters. The van der Waals surface area contributed by atoms with Crippen molar-refractivity contribution in [1.29, 1.82) is 0 Å². The second-order valence-corrected chi connectivity index (χ2v) is 8.99. The molecule has 1 saturated carbocycles. The van der Waals surface area contributed by atoms with Gasteiger partial charge in [-0.1, -0.05) is 25.0 Å². The highest BCUT2D eigenvalue weighted by atomic mass is 32.1. The van der Waals surface area contributed by atoms with E-state index in [1.54, 1.807) is 28.3 Å². The van der Waals surface area contributed by atoms with Gasteiger partial charge in [0.2, 0.25) is 0 Å². The van der Waals surface area contributed by atoms with Gasteiger partial charge in [-0.2, -0.15) is 5.10 Å². The molecule has 0 radical (unpaired) electrons. The third kappa shape index (κ3) is 4.38. The minimum Gasteiger partial charge on any atom is -0.455 e. The predicted octanol–water partition coefficient (Wildman–Crippen LogP) is 4.53. The van der Waals surface area contributed by atoms with Crippen LogP contribution in [-0.2, 0) is 14.3 Å².